The van der Waals surface area contributed by atoms with Crippen molar-refractivity contribution < 1.29 is 0 Å². The molecule has 6 heteroatoms. The topological polar surface area (TPSA) is 56.7 Å². The Kier molecular flexibility index (Phi) is 3.18. The summed E-state index contributed by atoms with van der Waals surface area (Å²) in [6.07, 6.45) is 1.77. The zero-order valence-electron chi connectivity index (χ0n) is 8.22. The van der Waals surface area contributed by atoms with Crippen LogP contribution < -0.4 is 5.73 Å². The van der Waals surface area contributed by atoms with Crippen LogP contribution in [0.1, 0.15) is 24.4 Å². The molecule has 0 radical (unpaired) electrons. The molecule has 0 aliphatic rings. The number of aromatic nitrogens is 3. The molecule has 0 saturated heterocycles. The summed E-state index contributed by atoms with van der Waals surface area (Å²) in [6.45, 7) is 2.84. The van der Waals surface area contributed by atoms with Crippen molar-refractivity contribution in [3.8, 4) is 0 Å². The van der Waals surface area contributed by atoms with Crippen molar-refractivity contribution in [3.05, 3.63) is 32.9 Å². The van der Waals surface area contributed by atoms with Crippen molar-refractivity contribution in [2.24, 2.45) is 5.73 Å². The second-order valence-corrected chi connectivity index (χ2v) is 4.66. The lowest BCUT2D eigenvalue weighted by molar-refractivity contribution is 0.596. The molecule has 2 N–H and O–H groups in total. The summed E-state index contributed by atoms with van der Waals surface area (Å²) in [6, 6.07) is -0.215. The maximum Gasteiger partial charge on any atom is 0.0917 e. The van der Waals surface area contributed by atoms with Crippen LogP contribution in [0.25, 0.3) is 0 Å². The van der Waals surface area contributed by atoms with Gasteiger partial charge in [-0.3, -0.25) is 4.68 Å². The van der Waals surface area contributed by atoms with E-state index in [0.717, 1.165) is 22.4 Å². The van der Waals surface area contributed by atoms with Gasteiger partial charge in [-0.25, -0.2) is 4.98 Å². The fourth-order valence-electron chi connectivity index (χ4n) is 1.45. The molecule has 0 spiro atoms. The molecule has 2 aromatic heterocycles. The van der Waals surface area contributed by atoms with Crippen LogP contribution in [0.2, 0.25) is 0 Å². The second-order valence-electron chi connectivity index (χ2n) is 3.08. The van der Waals surface area contributed by atoms with Gasteiger partial charge in [0.1, 0.15) is 0 Å². The lowest BCUT2D eigenvalue weighted by Gasteiger charge is -2.11. The lowest BCUT2D eigenvalue weighted by Crippen LogP contribution is -2.17. The van der Waals surface area contributed by atoms with E-state index in [1.165, 1.54) is 0 Å². The number of hydrogen-bond donors (Lipinski definition) is 1. The average Bonchev–Trinajstić information content (AvgIpc) is 2.85. The summed E-state index contributed by atoms with van der Waals surface area (Å²) in [5, 5.41) is 6.19. The Morgan fingerprint density at radius 1 is 1.67 bits per heavy atom. The number of nitrogens with two attached hydrogens (primary N) is 1. The van der Waals surface area contributed by atoms with E-state index in [-0.39, 0.29) is 6.04 Å². The van der Waals surface area contributed by atoms with Crippen LogP contribution in [0.15, 0.2) is 21.6 Å². The third-order valence-corrected chi connectivity index (χ3v) is 3.41. The van der Waals surface area contributed by atoms with Gasteiger partial charge < -0.3 is 5.73 Å². The Labute approximate surface area is 100 Å². The van der Waals surface area contributed by atoms with Crippen molar-refractivity contribution in [1.82, 2.24) is 14.8 Å². The number of thiazole rings is 1. The van der Waals surface area contributed by atoms with Gasteiger partial charge in [0.05, 0.1) is 33.6 Å². The van der Waals surface area contributed by atoms with E-state index in [1.54, 1.807) is 23.0 Å². The summed E-state index contributed by atoms with van der Waals surface area (Å²) in [5.41, 5.74) is 9.78. The standard InChI is InChI=1S/C9H11BrN4S/c1-2-14-9(6(10)3-13-14)8(11)7-4-15-5-12-7/h3-5,8H,2,11H2,1H3. The molecular formula is C9H11BrN4S. The predicted octanol–water partition coefficient (Wildman–Crippen LogP) is 2.17. The van der Waals surface area contributed by atoms with E-state index in [1.807, 2.05) is 17.0 Å². The SMILES string of the molecule is CCn1ncc(Br)c1C(N)c1cscn1. The quantitative estimate of drug-likeness (QED) is 0.941. The van der Waals surface area contributed by atoms with Crippen molar-refractivity contribution in [2.75, 3.05) is 0 Å². The van der Waals surface area contributed by atoms with Gasteiger partial charge in [0.15, 0.2) is 0 Å². The molecule has 0 bridgehead atoms. The molecule has 0 aliphatic carbocycles. The molecule has 15 heavy (non-hydrogen) atoms. The molecule has 0 saturated carbocycles. The van der Waals surface area contributed by atoms with Crippen LogP contribution in [-0.4, -0.2) is 14.8 Å². The minimum absolute atomic E-state index is 0.215. The average molecular weight is 287 g/mol. The molecule has 4 nitrogen and oxygen atoms in total. The van der Waals surface area contributed by atoms with Crippen molar-refractivity contribution in [1.29, 1.82) is 0 Å². The zero-order chi connectivity index (χ0) is 10.8. The highest BCUT2D eigenvalue weighted by atomic mass is 79.9. The monoisotopic (exact) mass is 286 g/mol. The molecule has 2 aromatic rings. The van der Waals surface area contributed by atoms with Crippen LogP contribution in [-0.2, 0) is 6.54 Å². The summed E-state index contributed by atoms with van der Waals surface area (Å²) in [5.74, 6) is 0. The smallest absolute Gasteiger partial charge is 0.0917 e. The van der Waals surface area contributed by atoms with Gasteiger partial charge >= 0.3 is 0 Å². The molecular weight excluding hydrogens is 276 g/mol. The fourth-order valence-corrected chi connectivity index (χ4v) is 2.58. The third kappa shape index (κ3) is 1.97. The molecule has 80 valence electrons. The Balaban J connectivity index is 2.40. The van der Waals surface area contributed by atoms with Gasteiger partial charge in [0, 0.05) is 11.9 Å². The van der Waals surface area contributed by atoms with Crippen LogP contribution in [0.4, 0.5) is 0 Å². The van der Waals surface area contributed by atoms with E-state index < -0.39 is 0 Å². The van der Waals surface area contributed by atoms with Crippen LogP contribution in [0.5, 0.6) is 0 Å². The summed E-state index contributed by atoms with van der Waals surface area (Å²) in [7, 11) is 0. The maximum absolute atomic E-state index is 6.14. The fraction of sp³-hybridized carbons (Fsp3) is 0.333. The van der Waals surface area contributed by atoms with Crippen molar-refractivity contribution in [2.45, 2.75) is 19.5 Å². The normalized spacial score (nSPS) is 13.0. The first-order valence-corrected chi connectivity index (χ1v) is 6.32. The number of halogens is 1. The second kappa shape index (κ2) is 4.42. The first-order chi connectivity index (χ1) is 7.24. The van der Waals surface area contributed by atoms with Crippen molar-refractivity contribution in [3.63, 3.8) is 0 Å². The molecule has 0 amide bonds. The number of hydrogen-bond acceptors (Lipinski definition) is 4. The van der Waals surface area contributed by atoms with Crippen LogP contribution in [0.3, 0.4) is 0 Å². The van der Waals surface area contributed by atoms with Crippen molar-refractivity contribution >= 4 is 27.3 Å². The molecule has 0 fully saturated rings. The molecule has 0 aliphatic heterocycles. The van der Waals surface area contributed by atoms with E-state index in [0.29, 0.717) is 0 Å². The van der Waals surface area contributed by atoms with Gasteiger partial charge in [-0.15, -0.1) is 11.3 Å². The first kappa shape index (κ1) is 10.8. The third-order valence-electron chi connectivity index (χ3n) is 2.20. The number of aryl methyl sites for hydroxylation is 1. The minimum Gasteiger partial charge on any atom is -0.318 e. The minimum atomic E-state index is -0.215. The first-order valence-electron chi connectivity index (χ1n) is 4.59. The molecule has 2 heterocycles. The molecule has 2 rings (SSSR count). The van der Waals surface area contributed by atoms with Gasteiger partial charge in [0.25, 0.3) is 0 Å². The summed E-state index contributed by atoms with van der Waals surface area (Å²) < 4.78 is 2.82. The van der Waals surface area contributed by atoms with E-state index >= 15 is 0 Å². The van der Waals surface area contributed by atoms with E-state index in [4.69, 9.17) is 5.73 Å². The van der Waals surface area contributed by atoms with Gasteiger partial charge in [-0.05, 0) is 22.9 Å². The van der Waals surface area contributed by atoms with Gasteiger partial charge in [0.2, 0.25) is 0 Å². The Hall–Kier alpha value is -0.720. The molecule has 1 atom stereocenters. The van der Waals surface area contributed by atoms with E-state index in [2.05, 4.69) is 26.0 Å². The summed E-state index contributed by atoms with van der Waals surface area (Å²) in [4.78, 5) is 4.22. The van der Waals surface area contributed by atoms with E-state index in [9.17, 15) is 0 Å². The number of rotatable bonds is 3. The number of nitrogens with zero attached hydrogens (tertiary/aromatic N) is 3. The molecule has 0 aromatic carbocycles. The lowest BCUT2D eigenvalue weighted by atomic mass is 10.2. The van der Waals surface area contributed by atoms with Crippen LogP contribution in [0, 0.1) is 0 Å². The highest BCUT2D eigenvalue weighted by Gasteiger charge is 2.18. The molecule has 1 unspecified atom stereocenters. The predicted molar refractivity (Wildman–Crippen MR) is 63.7 cm³/mol. The summed E-state index contributed by atoms with van der Waals surface area (Å²) >= 11 is 5.00. The zero-order valence-corrected chi connectivity index (χ0v) is 10.6. The highest BCUT2D eigenvalue weighted by Crippen LogP contribution is 2.26. The Morgan fingerprint density at radius 3 is 3.07 bits per heavy atom. The van der Waals surface area contributed by atoms with Gasteiger partial charge in [-0.1, -0.05) is 0 Å². The van der Waals surface area contributed by atoms with Crippen LogP contribution >= 0.6 is 27.3 Å². The highest BCUT2D eigenvalue weighted by molar-refractivity contribution is 9.10. The Morgan fingerprint density at radius 2 is 2.47 bits per heavy atom. The maximum atomic E-state index is 6.14. The largest absolute Gasteiger partial charge is 0.318 e. The Bertz CT molecular complexity index is 437. The van der Waals surface area contributed by atoms with Gasteiger partial charge in [-0.2, -0.15) is 5.10 Å².